The Morgan fingerprint density at radius 3 is 2.31 bits per heavy atom. The van der Waals surface area contributed by atoms with Gasteiger partial charge in [0, 0.05) is 0 Å². The fraction of sp³-hybridized carbons (Fsp3) is 0.286. The highest BCUT2D eigenvalue weighted by atomic mass is 16.5. The van der Waals surface area contributed by atoms with Crippen LogP contribution in [0.4, 0.5) is 0 Å². The van der Waals surface area contributed by atoms with E-state index in [0.29, 0.717) is 5.56 Å². The van der Waals surface area contributed by atoms with Gasteiger partial charge in [0.25, 0.3) is 5.91 Å². The summed E-state index contributed by atoms with van der Waals surface area (Å²) in [7, 11) is 0. The average molecular weight is 348 g/mol. The highest BCUT2D eigenvalue weighted by molar-refractivity contribution is 5.92. The summed E-state index contributed by atoms with van der Waals surface area (Å²) < 4.78 is 5.07. The van der Waals surface area contributed by atoms with Crippen molar-refractivity contribution in [3.63, 3.8) is 0 Å². The zero-order valence-corrected chi connectivity index (χ0v) is 14.6. The maximum atomic E-state index is 12.1. The van der Waals surface area contributed by atoms with E-state index < -0.39 is 24.0 Å². The van der Waals surface area contributed by atoms with E-state index in [4.69, 9.17) is 4.74 Å². The van der Waals surface area contributed by atoms with Crippen molar-refractivity contribution in [3.05, 3.63) is 60.2 Å². The van der Waals surface area contributed by atoms with Crippen molar-refractivity contribution < 1.29 is 14.3 Å². The molecule has 0 spiro atoms. The number of nitrogens with zero attached hydrogens (tertiary/aromatic N) is 1. The maximum absolute atomic E-state index is 12.1. The van der Waals surface area contributed by atoms with Crippen LogP contribution in [-0.4, -0.2) is 24.0 Å². The van der Waals surface area contributed by atoms with Crippen LogP contribution in [-0.2, 0) is 9.53 Å². The van der Waals surface area contributed by atoms with Gasteiger partial charge in [0.05, 0.1) is 11.6 Å². The van der Waals surface area contributed by atoms with Gasteiger partial charge >= 0.3 is 5.97 Å². The monoisotopic (exact) mass is 348 g/mol. The molecule has 3 rings (SSSR count). The first-order chi connectivity index (χ1) is 12.5. The third-order valence-electron chi connectivity index (χ3n) is 4.59. The van der Waals surface area contributed by atoms with Crippen LogP contribution in [0.25, 0.3) is 11.1 Å². The maximum Gasteiger partial charge on any atom is 0.338 e. The highest BCUT2D eigenvalue weighted by Crippen LogP contribution is 2.39. The number of amides is 1. The van der Waals surface area contributed by atoms with Crippen molar-refractivity contribution >= 4 is 11.9 Å². The van der Waals surface area contributed by atoms with Gasteiger partial charge in [0.15, 0.2) is 6.61 Å². The first-order valence-electron chi connectivity index (χ1n) is 8.57. The number of carbonyl (C=O) groups is 2. The van der Waals surface area contributed by atoms with Crippen molar-refractivity contribution in [2.24, 2.45) is 5.92 Å². The van der Waals surface area contributed by atoms with E-state index >= 15 is 0 Å². The first-order valence-corrected chi connectivity index (χ1v) is 8.57. The lowest BCUT2D eigenvalue weighted by atomic mass is 9.98. The van der Waals surface area contributed by atoms with E-state index in [1.807, 2.05) is 42.5 Å². The molecule has 1 N–H and O–H groups in total. The lowest BCUT2D eigenvalue weighted by Gasteiger charge is -2.22. The van der Waals surface area contributed by atoms with E-state index in [1.54, 1.807) is 19.1 Å². The minimum Gasteiger partial charge on any atom is -0.452 e. The number of nitrogens with one attached hydrogen (secondary N) is 1. The van der Waals surface area contributed by atoms with Gasteiger partial charge in [0.1, 0.15) is 5.54 Å². The normalized spacial score (nSPS) is 15.4. The molecule has 0 radical (unpaired) electrons. The van der Waals surface area contributed by atoms with Crippen LogP contribution >= 0.6 is 0 Å². The smallest absolute Gasteiger partial charge is 0.338 e. The molecule has 2 aromatic carbocycles. The van der Waals surface area contributed by atoms with Crippen molar-refractivity contribution in [3.8, 4) is 17.2 Å². The van der Waals surface area contributed by atoms with Crippen LogP contribution in [0, 0.1) is 17.2 Å². The molecule has 1 aliphatic rings. The number of hydrogen-bond donors (Lipinski definition) is 1. The fourth-order valence-corrected chi connectivity index (χ4v) is 2.85. The number of carbonyl (C=O) groups excluding carboxylic acids is 2. The Morgan fingerprint density at radius 1 is 1.12 bits per heavy atom. The summed E-state index contributed by atoms with van der Waals surface area (Å²) in [6.45, 7) is 1.30. The SMILES string of the molecule is C[C@@](C#N)(NC(=O)COC(=O)c1ccc(-c2ccccc2)cc1)C1CC1. The Hall–Kier alpha value is -3.13. The number of rotatable bonds is 6. The number of nitriles is 1. The number of benzene rings is 2. The minimum atomic E-state index is -0.888. The third kappa shape index (κ3) is 4.09. The molecule has 5 heteroatoms. The summed E-state index contributed by atoms with van der Waals surface area (Å²) in [6.07, 6.45) is 1.86. The molecule has 2 aromatic rings. The quantitative estimate of drug-likeness (QED) is 0.812. The second kappa shape index (κ2) is 7.40. The van der Waals surface area contributed by atoms with Crippen LogP contribution in [0.2, 0.25) is 0 Å². The number of ether oxygens (including phenoxy) is 1. The second-order valence-electron chi connectivity index (χ2n) is 6.66. The summed E-state index contributed by atoms with van der Waals surface area (Å²) in [5.74, 6) is -0.849. The van der Waals surface area contributed by atoms with Crippen molar-refractivity contribution in [2.75, 3.05) is 6.61 Å². The number of esters is 1. The molecule has 0 bridgehead atoms. The molecule has 26 heavy (non-hydrogen) atoms. The predicted molar refractivity (Wildman–Crippen MR) is 97.0 cm³/mol. The molecule has 1 saturated carbocycles. The molecular weight excluding hydrogens is 328 g/mol. The Kier molecular flexibility index (Phi) is 5.04. The highest BCUT2D eigenvalue weighted by Gasteiger charge is 2.43. The minimum absolute atomic E-state index is 0.178. The summed E-state index contributed by atoms with van der Waals surface area (Å²) in [5.41, 5.74) is 1.54. The van der Waals surface area contributed by atoms with Gasteiger partial charge < -0.3 is 10.1 Å². The molecule has 1 amide bonds. The molecular formula is C21H20N2O3. The van der Waals surface area contributed by atoms with Gasteiger partial charge in [-0.05, 0) is 48.9 Å². The van der Waals surface area contributed by atoms with Gasteiger partial charge in [-0.25, -0.2) is 4.79 Å². The van der Waals surface area contributed by atoms with Crippen molar-refractivity contribution in [2.45, 2.75) is 25.3 Å². The Labute approximate surface area is 152 Å². The average Bonchev–Trinajstić information content (AvgIpc) is 3.53. The molecule has 132 valence electrons. The van der Waals surface area contributed by atoms with E-state index in [9.17, 15) is 14.9 Å². The molecule has 1 fully saturated rings. The largest absolute Gasteiger partial charge is 0.452 e. The number of hydrogen-bond acceptors (Lipinski definition) is 4. The molecule has 0 unspecified atom stereocenters. The molecule has 0 aromatic heterocycles. The summed E-state index contributed by atoms with van der Waals surface area (Å²) in [5, 5.41) is 11.9. The fourth-order valence-electron chi connectivity index (χ4n) is 2.85. The molecule has 1 atom stereocenters. The van der Waals surface area contributed by atoms with E-state index in [-0.39, 0.29) is 5.92 Å². The van der Waals surface area contributed by atoms with Gasteiger partial charge in [-0.15, -0.1) is 0 Å². The van der Waals surface area contributed by atoms with Crippen molar-refractivity contribution in [1.29, 1.82) is 5.26 Å². The van der Waals surface area contributed by atoms with Crippen LogP contribution in [0.1, 0.15) is 30.1 Å². The van der Waals surface area contributed by atoms with Crippen LogP contribution < -0.4 is 5.32 Å². The third-order valence-corrected chi connectivity index (χ3v) is 4.59. The van der Waals surface area contributed by atoms with Gasteiger partial charge in [0.2, 0.25) is 0 Å². The van der Waals surface area contributed by atoms with Crippen LogP contribution in [0.3, 0.4) is 0 Å². The standard InChI is InChI=1S/C21H20N2O3/c1-21(14-22,18-11-12-18)23-19(24)13-26-20(25)17-9-7-16(8-10-17)15-5-3-2-4-6-15/h2-10,18H,11-13H2,1H3,(H,23,24)/t21-/m0/s1. The Balaban J connectivity index is 1.55. The van der Waals surface area contributed by atoms with Gasteiger partial charge in [-0.1, -0.05) is 42.5 Å². The molecule has 0 heterocycles. The summed E-state index contributed by atoms with van der Waals surface area (Å²) >= 11 is 0. The Morgan fingerprint density at radius 2 is 1.73 bits per heavy atom. The molecule has 0 saturated heterocycles. The molecule has 1 aliphatic carbocycles. The van der Waals surface area contributed by atoms with E-state index in [2.05, 4.69) is 11.4 Å². The van der Waals surface area contributed by atoms with E-state index in [1.165, 1.54) is 0 Å². The van der Waals surface area contributed by atoms with E-state index in [0.717, 1.165) is 24.0 Å². The zero-order valence-electron chi connectivity index (χ0n) is 14.6. The molecule has 5 nitrogen and oxygen atoms in total. The Bertz CT molecular complexity index is 836. The lowest BCUT2D eigenvalue weighted by molar-refractivity contribution is -0.125. The lowest BCUT2D eigenvalue weighted by Crippen LogP contribution is -2.48. The zero-order chi connectivity index (χ0) is 18.6. The van der Waals surface area contributed by atoms with Gasteiger partial charge in [-0.3, -0.25) is 4.79 Å². The summed E-state index contributed by atoms with van der Waals surface area (Å²) in [6, 6.07) is 19.0. The first kappa shape index (κ1) is 17.7. The predicted octanol–water partition coefficient (Wildman–Crippen LogP) is 3.32. The topological polar surface area (TPSA) is 79.2 Å². The molecule has 0 aliphatic heterocycles. The van der Waals surface area contributed by atoms with Crippen LogP contribution in [0.15, 0.2) is 54.6 Å². The second-order valence-corrected chi connectivity index (χ2v) is 6.66. The van der Waals surface area contributed by atoms with Gasteiger partial charge in [-0.2, -0.15) is 5.26 Å². The van der Waals surface area contributed by atoms with Crippen LogP contribution in [0.5, 0.6) is 0 Å². The van der Waals surface area contributed by atoms with Crippen molar-refractivity contribution in [1.82, 2.24) is 5.32 Å². The summed E-state index contributed by atoms with van der Waals surface area (Å²) in [4.78, 5) is 24.1.